The van der Waals surface area contributed by atoms with E-state index in [2.05, 4.69) is 0 Å². The topological polar surface area (TPSA) is 43.7 Å². The van der Waals surface area contributed by atoms with Crippen LogP contribution in [0.15, 0.2) is 42.5 Å². The molecule has 0 fully saturated rings. The number of hydrogen-bond donors (Lipinski definition) is 2. The fourth-order valence-corrected chi connectivity index (χ4v) is 2.01. The molecule has 0 atom stereocenters. The number of anilines is 1. The van der Waals surface area contributed by atoms with Crippen molar-refractivity contribution in [2.45, 2.75) is 6.54 Å². The third-order valence-corrected chi connectivity index (χ3v) is 3.04. The Labute approximate surface area is 116 Å². The van der Waals surface area contributed by atoms with Gasteiger partial charge in [0.05, 0.1) is 0 Å². The number of hydrogen-bond acceptors (Lipinski definition) is 3. The molecule has 0 aliphatic rings. The van der Waals surface area contributed by atoms with E-state index in [0.29, 0.717) is 17.8 Å². The lowest BCUT2D eigenvalue weighted by Crippen LogP contribution is -2.35. The van der Waals surface area contributed by atoms with Gasteiger partial charge in [0.15, 0.2) is 0 Å². The van der Waals surface area contributed by atoms with Crippen LogP contribution in [0.4, 0.5) is 14.5 Å². The second kappa shape index (κ2) is 6.03. The van der Waals surface area contributed by atoms with Crippen molar-refractivity contribution in [2.75, 3.05) is 11.9 Å². The fraction of sp³-hybridized carbons (Fsp3) is 0.143. The minimum absolute atomic E-state index is 0.105. The summed E-state index contributed by atoms with van der Waals surface area (Å²) in [4.78, 5) is 1.74. The van der Waals surface area contributed by atoms with Gasteiger partial charge in [-0.2, -0.15) is 0 Å². The molecule has 0 aliphatic carbocycles. The molecule has 20 heavy (non-hydrogen) atoms. The van der Waals surface area contributed by atoms with E-state index >= 15 is 0 Å². The first-order valence-electron chi connectivity index (χ1n) is 6.08. The highest BCUT2D eigenvalue weighted by atomic mass is 19.1. The second-order valence-electron chi connectivity index (χ2n) is 4.55. The summed E-state index contributed by atoms with van der Waals surface area (Å²) in [6.45, 7) is 0.302. The molecule has 2 N–H and O–H groups in total. The number of benzene rings is 2. The van der Waals surface area contributed by atoms with Gasteiger partial charge in [0, 0.05) is 19.3 Å². The Hall–Kier alpha value is -1.92. The molecule has 0 unspecified atom stereocenters. The van der Waals surface area contributed by atoms with Crippen molar-refractivity contribution in [1.82, 2.24) is 0 Å². The summed E-state index contributed by atoms with van der Waals surface area (Å²) in [6, 6.07) is 9.87. The van der Waals surface area contributed by atoms with Gasteiger partial charge in [-0.25, -0.2) is 8.78 Å². The van der Waals surface area contributed by atoms with E-state index in [1.54, 1.807) is 24.1 Å². The molecule has 0 spiro atoms. The van der Waals surface area contributed by atoms with Crippen molar-refractivity contribution in [3.63, 3.8) is 0 Å². The van der Waals surface area contributed by atoms with E-state index in [4.69, 9.17) is 0 Å². The van der Waals surface area contributed by atoms with Crippen LogP contribution in [0.2, 0.25) is 0 Å². The summed E-state index contributed by atoms with van der Waals surface area (Å²) in [5.41, 5.74) is 1.31. The second-order valence-corrected chi connectivity index (χ2v) is 4.55. The van der Waals surface area contributed by atoms with Crippen LogP contribution in [0.5, 0.6) is 0 Å². The van der Waals surface area contributed by atoms with Gasteiger partial charge >= 0.3 is 7.12 Å². The zero-order valence-electron chi connectivity index (χ0n) is 10.9. The van der Waals surface area contributed by atoms with Crippen molar-refractivity contribution >= 4 is 18.3 Å². The van der Waals surface area contributed by atoms with E-state index in [1.807, 2.05) is 0 Å². The van der Waals surface area contributed by atoms with Crippen molar-refractivity contribution in [3.05, 3.63) is 59.7 Å². The van der Waals surface area contributed by atoms with E-state index < -0.39 is 12.9 Å². The molecule has 2 rings (SSSR count). The Morgan fingerprint density at radius 2 is 1.75 bits per heavy atom. The summed E-state index contributed by atoms with van der Waals surface area (Å²) < 4.78 is 26.3. The normalized spacial score (nSPS) is 10.4. The van der Waals surface area contributed by atoms with E-state index in [-0.39, 0.29) is 11.3 Å². The molecule has 2 aromatic carbocycles. The lowest BCUT2D eigenvalue weighted by Gasteiger charge is -2.21. The monoisotopic (exact) mass is 277 g/mol. The molecule has 0 amide bonds. The van der Waals surface area contributed by atoms with Gasteiger partial charge in [-0.1, -0.05) is 12.1 Å². The molecule has 6 heteroatoms. The third-order valence-electron chi connectivity index (χ3n) is 3.04. The minimum atomic E-state index is -1.75. The zero-order chi connectivity index (χ0) is 14.7. The first kappa shape index (κ1) is 14.5. The van der Waals surface area contributed by atoms with Crippen LogP contribution >= 0.6 is 0 Å². The summed E-state index contributed by atoms with van der Waals surface area (Å²) in [5, 5.41) is 18.5. The van der Waals surface area contributed by atoms with Gasteiger partial charge in [-0.3, -0.25) is 0 Å². The Kier molecular flexibility index (Phi) is 4.37. The van der Waals surface area contributed by atoms with Crippen LogP contribution < -0.4 is 10.4 Å². The molecule has 0 radical (unpaired) electrons. The lowest BCUT2D eigenvalue weighted by molar-refractivity contribution is 0.425. The predicted octanol–water partition coefficient (Wildman–Crippen LogP) is 1.28. The third kappa shape index (κ3) is 3.34. The average molecular weight is 277 g/mol. The SMILES string of the molecule is CN(Cc1ccc(F)cc1B(O)O)c1cccc(F)c1. The van der Waals surface area contributed by atoms with Crippen molar-refractivity contribution in [3.8, 4) is 0 Å². The van der Waals surface area contributed by atoms with Crippen molar-refractivity contribution in [2.24, 2.45) is 0 Å². The molecule has 104 valence electrons. The molecule has 0 aliphatic heterocycles. The molecule has 0 bridgehead atoms. The van der Waals surface area contributed by atoms with Gasteiger partial charge in [-0.15, -0.1) is 0 Å². The Morgan fingerprint density at radius 3 is 2.40 bits per heavy atom. The molecule has 2 aromatic rings. The first-order chi connectivity index (χ1) is 9.47. The smallest absolute Gasteiger partial charge is 0.423 e. The molecule has 0 aromatic heterocycles. The molecular weight excluding hydrogens is 263 g/mol. The van der Waals surface area contributed by atoms with Gasteiger partial charge in [-0.05, 0) is 41.4 Å². The summed E-state index contributed by atoms with van der Waals surface area (Å²) in [6.07, 6.45) is 0. The van der Waals surface area contributed by atoms with Gasteiger partial charge in [0.2, 0.25) is 0 Å². The highest BCUT2D eigenvalue weighted by Gasteiger charge is 2.18. The van der Waals surface area contributed by atoms with Crippen LogP contribution in [-0.2, 0) is 6.54 Å². The highest BCUT2D eigenvalue weighted by Crippen LogP contribution is 2.16. The Balaban J connectivity index is 2.25. The van der Waals surface area contributed by atoms with E-state index in [1.165, 1.54) is 24.3 Å². The minimum Gasteiger partial charge on any atom is -0.423 e. The quantitative estimate of drug-likeness (QED) is 0.827. The molecule has 0 saturated heterocycles. The maximum atomic E-state index is 13.2. The van der Waals surface area contributed by atoms with E-state index in [9.17, 15) is 18.8 Å². The molecule has 0 saturated carbocycles. The highest BCUT2D eigenvalue weighted by molar-refractivity contribution is 6.59. The summed E-state index contributed by atoms with van der Waals surface area (Å²) in [7, 11) is -0.00678. The largest absolute Gasteiger partial charge is 0.488 e. The maximum absolute atomic E-state index is 13.2. The van der Waals surface area contributed by atoms with Crippen LogP contribution in [-0.4, -0.2) is 24.2 Å². The van der Waals surface area contributed by atoms with E-state index in [0.717, 1.165) is 6.07 Å². The Bertz CT molecular complexity index is 607. The summed E-state index contributed by atoms with van der Waals surface area (Å²) >= 11 is 0. The standard InChI is InChI=1S/C14H14BF2NO2/c1-18(13-4-2-3-11(16)7-13)9-10-5-6-12(17)8-14(10)15(19)20/h2-8,19-20H,9H2,1H3. The van der Waals surface area contributed by atoms with Crippen molar-refractivity contribution in [1.29, 1.82) is 0 Å². The van der Waals surface area contributed by atoms with Crippen LogP contribution in [0.1, 0.15) is 5.56 Å². The summed E-state index contributed by atoms with van der Waals surface area (Å²) in [5.74, 6) is -0.888. The van der Waals surface area contributed by atoms with Crippen LogP contribution in [0, 0.1) is 11.6 Å². The fourth-order valence-electron chi connectivity index (χ4n) is 2.01. The number of rotatable bonds is 4. The molecular formula is C14H14BF2NO2. The zero-order valence-corrected chi connectivity index (χ0v) is 10.9. The first-order valence-corrected chi connectivity index (χ1v) is 6.08. The van der Waals surface area contributed by atoms with Crippen LogP contribution in [0.25, 0.3) is 0 Å². The molecule has 0 heterocycles. The lowest BCUT2D eigenvalue weighted by atomic mass is 9.77. The maximum Gasteiger partial charge on any atom is 0.488 e. The van der Waals surface area contributed by atoms with Gasteiger partial charge in [0.25, 0.3) is 0 Å². The number of halogens is 2. The predicted molar refractivity (Wildman–Crippen MR) is 74.7 cm³/mol. The Morgan fingerprint density at radius 1 is 1.05 bits per heavy atom. The van der Waals surface area contributed by atoms with Gasteiger partial charge in [0.1, 0.15) is 11.6 Å². The molecule has 3 nitrogen and oxygen atoms in total. The van der Waals surface area contributed by atoms with Crippen LogP contribution in [0.3, 0.4) is 0 Å². The van der Waals surface area contributed by atoms with Gasteiger partial charge < -0.3 is 14.9 Å². The van der Waals surface area contributed by atoms with Crippen molar-refractivity contribution < 1.29 is 18.8 Å². The number of nitrogens with zero attached hydrogens (tertiary/aromatic N) is 1. The average Bonchev–Trinajstić information content (AvgIpc) is 2.40.